The number of para-hydroxylation sites is 1. The maximum atomic E-state index is 14.8. The van der Waals surface area contributed by atoms with Crippen molar-refractivity contribution in [2.24, 2.45) is 4.99 Å². The van der Waals surface area contributed by atoms with Crippen LogP contribution in [0.1, 0.15) is 23.7 Å². The van der Waals surface area contributed by atoms with Gasteiger partial charge in [0.1, 0.15) is 12.1 Å². The van der Waals surface area contributed by atoms with Crippen LogP contribution in [0.25, 0.3) is 0 Å². The van der Waals surface area contributed by atoms with Gasteiger partial charge in [0.15, 0.2) is 0 Å². The lowest BCUT2D eigenvalue weighted by atomic mass is 10.0. The van der Waals surface area contributed by atoms with Gasteiger partial charge in [-0.2, -0.15) is 9.37 Å². The lowest BCUT2D eigenvalue weighted by Crippen LogP contribution is -2.03. The summed E-state index contributed by atoms with van der Waals surface area (Å²) in [6.45, 7) is 1.93. The first kappa shape index (κ1) is 18.0. The van der Waals surface area contributed by atoms with Crippen molar-refractivity contribution in [1.29, 1.82) is 0 Å². The molecule has 0 saturated carbocycles. The van der Waals surface area contributed by atoms with Crippen LogP contribution >= 0.6 is 11.6 Å². The number of aliphatic imine (C=N–C) groups is 1. The summed E-state index contributed by atoms with van der Waals surface area (Å²) < 4.78 is 20.3. The van der Waals surface area contributed by atoms with Gasteiger partial charge in [-0.1, -0.05) is 41.9 Å². The molecule has 0 bridgehead atoms. The maximum Gasteiger partial charge on any atom is 0.259 e. The Kier molecular flexibility index (Phi) is 5.58. The summed E-state index contributed by atoms with van der Waals surface area (Å²) in [5.41, 5.74) is 3.09. The van der Waals surface area contributed by atoms with E-state index in [9.17, 15) is 4.39 Å². The van der Waals surface area contributed by atoms with Crippen molar-refractivity contribution in [2.75, 3.05) is 7.05 Å². The quantitative estimate of drug-likeness (QED) is 0.588. The van der Waals surface area contributed by atoms with E-state index in [2.05, 4.69) is 15.0 Å². The van der Waals surface area contributed by atoms with Crippen molar-refractivity contribution in [3.05, 3.63) is 82.5 Å². The third kappa shape index (κ3) is 4.06. The molecule has 6 heteroatoms. The fourth-order valence-electron chi connectivity index (χ4n) is 2.44. The van der Waals surface area contributed by atoms with Gasteiger partial charge in [0.2, 0.25) is 5.82 Å². The number of hydrogen-bond donors (Lipinski definition) is 0. The highest BCUT2D eigenvalue weighted by molar-refractivity contribution is 6.32. The Balaban J connectivity index is 1.87. The Labute approximate surface area is 156 Å². The third-order valence-electron chi connectivity index (χ3n) is 3.92. The van der Waals surface area contributed by atoms with Gasteiger partial charge in [-0.15, -0.1) is 0 Å². The van der Waals surface area contributed by atoms with Crippen LogP contribution in [0.3, 0.4) is 0 Å². The second kappa shape index (κ2) is 8.06. The molecule has 0 atom stereocenters. The molecule has 3 aromatic rings. The van der Waals surface area contributed by atoms with Gasteiger partial charge < -0.3 is 4.74 Å². The first-order chi connectivity index (χ1) is 12.6. The predicted octanol–water partition coefficient (Wildman–Crippen LogP) is 5.09. The molecule has 0 radical (unpaired) electrons. The van der Waals surface area contributed by atoms with E-state index in [1.807, 2.05) is 31.2 Å². The second-order valence-corrected chi connectivity index (χ2v) is 6.07. The molecule has 0 saturated heterocycles. The summed E-state index contributed by atoms with van der Waals surface area (Å²) in [6, 6.07) is 14.6. The standard InChI is InChI=1S/C20H17ClFN3O/c1-13(23-2)15-7-5-6-14(10-15)11-17-19(22)20(25-12-24-17)26-18-9-4-3-8-16(18)21/h3-10,12H,11H2,1-2H3. The number of ether oxygens (including phenoxy) is 1. The van der Waals surface area contributed by atoms with Crippen LogP contribution in [-0.4, -0.2) is 22.7 Å². The Hall–Kier alpha value is -2.79. The molecule has 0 spiro atoms. The minimum absolute atomic E-state index is 0.148. The summed E-state index contributed by atoms with van der Waals surface area (Å²) in [5.74, 6) is -0.404. The van der Waals surface area contributed by atoms with E-state index < -0.39 is 5.82 Å². The van der Waals surface area contributed by atoms with Crippen LogP contribution in [0.2, 0.25) is 5.02 Å². The molecular formula is C20H17ClFN3O. The minimum atomic E-state index is -0.598. The Morgan fingerprint density at radius 1 is 1.15 bits per heavy atom. The van der Waals surface area contributed by atoms with E-state index in [1.165, 1.54) is 6.33 Å². The largest absolute Gasteiger partial charge is 0.435 e. The van der Waals surface area contributed by atoms with Crippen LogP contribution in [-0.2, 0) is 6.42 Å². The zero-order valence-corrected chi connectivity index (χ0v) is 15.2. The monoisotopic (exact) mass is 369 g/mol. The molecule has 0 aliphatic carbocycles. The van der Waals surface area contributed by atoms with Gasteiger partial charge in [-0.05, 0) is 36.2 Å². The fourth-order valence-corrected chi connectivity index (χ4v) is 2.62. The van der Waals surface area contributed by atoms with E-state index in [1.54, 1.807) is 31.3 Å². The molecule has 0 amide bonds. The molecular weight excluding hydrogens is 353 g/mol. The molecule has 0 aliphatic rings. The lowest BCUT2D eigenvalue weighted by Gasteiger charge is -2.10. The molecule has 0 unspecified atom stereocenters. The number of rotatable bonds is 5. The average Bonchev–Trinajstić information content (AvgIpc) is 2.66. The highest BCUT2D eigenvalue weighted by Gasteiger charge is 2.15. The van der Waals surface area contributed by atoms with Gasteiger partial charge in [0.25, 0.3) is 5.88 Å². The van der Waals surface area contributed by atoms with Crippen molar-refractivity contribution < 1.29 is 9.13 Å². The van der Waals surface area contributed by atoms with Crippen molar-refractivity contribution >= 4 is 17.3 Å². The molecule has 2 aromatic carbocycles. The first-order valence-corrected chi connectivity index (χ1v) is 8.40. The Bertz CT molecular complexity index is 959. The summed E-state index contributed by atoms with van der Waals surface area (Å²) in [4.78, 5) is 12.1. The summed E-state index contributed by atoms with van der Waals surface area (Å²) in [6.07, 6.45) is 1.60. The van der Waals surface area contributed by atoms with E-state index in [4.69, 9.17) is 16.3 Å². The number of nitrogens with zero attached hydrogens (tertiary/aromatic N) is 3. The highest BCUT2D eigenvalue weighted by Crippen LogP contribution is 2.29. The van der Waals surface area contributed by atoms with Gasteiger partial charge in [0.05, 0.1) is 10.7 Å². The van der Waals surface area contributed by atoms with Gasteiger partial charge in [0, 0.05) is 19.2 Å². The van der Waals surface area contributed by atoms with Gasteiger partial charge in [-0.25, -0.2) is 4.98 Å². The SMILES string of the molecule is CN=C(C)c1cccc(Cc2ncnc(Oc3ccccc3Cl)c2F)c1. The number of benzene rings is 2. The molecule has 0 fully saturated rings. The minimum Gasteiger partial charge on any atom is -0.435 e. The van der Waals surface area contributed by atoms with Crippen molar-refractivity contribution in [2.45, 2.75) is 13.3 Å². The summed E-state index contributed by atoms with van der Waals surface area (Å²) in [7, 11) is 1.74. The van der Waals surface area contributed by atoms with Crippen LogP contribution in [0.15, 0.2) is 59.9 Å². The van der Waals surface area contributed by atoms with Crippen LogP contribution in [0, 0.1) is 5.82 Å². The maximum absolute atomic E-state index is 14.8. The Morgan fingerprint density at radius 2 is 1.96 bits per heavy atom. The second-order valence-electron chi connectivity index (χ2n) is 5.66. The van der Waals surface area contributed by atoms with Crippen molar-refractivity contribution in [3.63, 3.8) is 0 Å². The normalized spacial score (nSPS) is 11.5. The topological polar surface area (TPSA) is 47.4 Å². The van der Waals surface area contributed by atoms with Crippen LogP contribution in [0.4, 0.5) is 4.39 Å². The average molecular weight is 370 g/mol. The van der Waals surface area contributed by atoms with Gasteiger partial charge in [-0.3, -0.25) is 4.99 Å². The van der Waals surface area contributed by atoms with Crippen molar-refractivity contribution in [3.8, 4) is 11.6 Å². The van der Waals surface area contributed by atoms with E-state index in [-0.39, 0.29) is 11.6 Å². The smallest absolute Gasteiger partial charge is 0.259 e. The molecule has 132 valence electrons. The lowest BCUT2D eigenvalue weighted by molar-refractivity contribution is 0.416. The molecule has 3 rings (SSSR count). The zero-order chi connectivity index (χ0) is 18.5. The van der Waals surface area contributed by atoms with Crippen LogP contribution < -0.4 is 4.74 Å². The third-order valence-corrected chi connectivity index (χ3v) is 4.24. The summed E-state index contributed by atoms with van der Waals surface area (Å²) in [5, 5.41) is 0.383. The first-order valence-electron chi connectivity index (χ1n) is 8.03. The predicted molar refractivity (Wildman–Crippen MR) is 101 cm³/mol. The van der Waals surface area contributed by atoms with Crippen LogP contribution in [0.5, 0.6) is 11.6 Å². The number of hydrogen-bond acceptors (Lipinski definition) is 4. The zero-order valence-electron chi connectivity index (χ0n) is 14.4. The van der Waals surface area contributed by atoms with E-state index >= 15 is 0 Å². The molecule has 1 aromatic heterocycles. The Morgan fingerprint density at radius 3 is 2.73 bits per heavy atom. The fraction of sp³-hybridized carbons (Fsp3) is 0.150. The summed E-state index contributed by atoms with van der Waals surface area (Å²) >= 11 is 6.05. The molecule has 4 nitrogen and oxygen atoms in total. The van der Waals surface area contributed by atoms with E-state index in [0.29, 0.717) is 17.2 Å². The van der Waals surface area contributed by atoms with Crippen molar-refractivity contribution in [1.82, 2.24) is 9.97 Å². The number of halogens is 2. The molecule has 0 N–H and O–H groups in total. The number of aromatic nitrogens is 2. The van der Waals surface area contributed by atoms with Gasteiger partial charge >= 0.3 is 0 Å². The molecule has 0 aliphatic heterocycles. The molecule has 26 heavy (non-hydrogen) atoms. The molecule has 1 heterocycles. The highest BCUT2D eigenvalue weighted by atomic mass is 35.5. The van der Waals surface area contributed by atoms with E-state index in [0.717, 1.165) is 16.8 Å².